The van der Waals surface area contributed by atoms with Crippen LogP contribution < -0.4 is 15.6 Å². The number of cyclic esters (lactones) is 1. The van der Waals surface area contributed by atoms with Gasteiger partial charge in [-0.2, -0.15) is 0 Å². The lowest BCUT2D eigenvalue weighted by molar-refractivity contribution is -0.156. The molecule has 0 aliphatic carbocycles. The number of fused-ring (bicyclic) bond motifs is 6. The molecule has 74 heavy (non-hydrogen) atoms. The molecule has 402 valence electrons. The maximum Gasteiger partial charge on any atom is 0.324 e. The van der Waals surface area contributed by atoms with E-state index in [2.05, 4.69) is 57.2 Å². The van der Waals surface area contributed by atoms with Crippen molar-refractivity contribution in [3.63, 3.8) is 0 Å². The van der Waals surface area contributed by atoms with Crippen LogP contribution in [0.4, 0.5) is 19.3 Å². The lowest BCUT2D eigenvalue weighted by Gasteiger charge is -2.43. The van der Waals surface area contributed by atoms with E-state index in [-0.39, 0.29) is 36.4 Å². The van der Waals surface area contributed by atoms with Crippen LogP contribution in [-0.4, -0.2) is 177 Å². The Kier molecular flexibility index (Phi) is 16.2. The molecular formula is C53H71F2N9O9S. The highest BCUT2D eigenvalue weighted by Crippen LogP contribution is 2.44. The highest BCUT2D eigenvalue weighted by atomic mass is 32.1. The van der Waals surface area contributed by atoms with Crippen LogP contribution in [0.25, 0.3) is 33.4 Å². The predicted octanol–water partition coefficient (Wildman–Crippen LogP) is 6.37. The SMILES string of the molecule is CO[C@@H](C)c1ncc(N2CCN(C3COC3)CC2)cc1-c1c2c3cc(ccc3n1CCOC1CCOCC1)-c1csc(n1)[C@@H](OCC(F)F)[C@H](NC(=O)N1CC[C@H]1C)C(=O)N1CCC[C@H](N1)C(=O)OCC(C)(C)C2. The van der Waals surface area contributed by atoms with E-state index in [1.54, 1.807) is 12.0 Å². The number of anilines is 1. The number of nitrogens with one attached hydrogen (secondary N) is 2. The number of pyridine rings is 1. The molecule has 6 bridgehead atoms. The average Bonchev–Trinajstić information content (AvgIpc) is 3.99. The van der Waals surface area contributed by atoms with Crippen LogP contribution in [0.5, 0.6) is 0 Å². The largest absolute Gasteiger partial charge is 0.464 e. The van der Waals surface area contributed by atoms with E-state index in [1.807, 2.05) is 31.5 Å². The van der Waals surface area contributed by atoms with Gasteiger partial charge in [0.05, 0.1) is 73.6 Å². The molecule has 0 radical (unpaired) electrons. The zero-order chi connectivity index (χ0) is 51.7. The third-order valence-electron chi connectivity index (χ3n) is 15.6. The summed E-state index contributed by atoms with van der Waals surface area (Å²) in [6, 6.07) is 5.93. The summed E-state index contributed by atoms with van der Waals surface area (Å²) in [5.74, 6) is -1.18. The number of hydrogen-bond acceptors (Lipinski definition) is 15. The van der Waals surface area contributed by atoms with Crippen LogP contribution in [0.2, 0.25) is 0 Å². The summed E-state index contributed by atoms with van der Waals surface area (Å²) in [6.45, 7) is 15.1. The summed E-state index contributed by atoms with van der Waals surface area (Å²) in [5.41, 5.74) is 9.37. The number of benzene rings is 1. The molecule has 0 unspecified atom stereocenters. The van der Waals surface area contributed by atoms with E-state index < -0.39 is 54.5 Å². The minimum atomic E-state index is -2.87. The molecule has 5 atom stereocenters. The molecule has 5 saturated heterocycles. The number of alkyl halides is 2. The summed E-state index contributed by atoms with van der Waals surface area (Å²) >= 11 is 1.17. The Labute approximate surface area is 435 Å². The highest BCUT2D eigenvalue weighted by molar-refractivity contribution is 7.10. The lowest BCUT2D eigenvalue weighted by atomic mass is 9.84. The van der Waals surface area contributed by atoms with Gasteiger partial charge in [-0.25, -0.2) is 24.0 Å². The number of nitrogens with zero attached hydrogens (tertiary/aromatic N) is 7. The second kappa shape index (κ2) is 22.8. The first-order valence-corrected chi connectivity index (χ1v) is 27.2. The zero-order valence-corrected chi connectivity index (χ0v) is 44.0. The molecule has 0 spiro atoms. The molecule has 6 aliphatic heterocycles. The van der Waals surface area contributed by atoms with E-state index >= 15 is 0 Å². The molecule has 10 rings (SSSR count). The molecule has 18 nitrogen and oxygen atoms in total. The van der Waals surface area contributed by atoms with Gasteiger partial charge in [-0.1, -0.05) is 19.9 Å². The normalized spacial score (nSPS) is 24.9. The van der Waals surface area contributed by atoms with E-state index in [9.17, 15) is 23.2 Å². The minimum Gasteiger partial charge on any atom is -0.464 e. The number of esters is 1. The number of piperazine rings is 1. The number of hydrazine groups is 1. The fourth-order valence-corrected chi connectivity index (χ4v) is 11.9. The monoisotopic (exact) mass is 1050 g/mol. The number of likely N-dealkylation sites (tertiary alicyclic amines) is 1. The first-order chi connectivity index (χ1) is 35.7. The molecule has 6 aliphatic rings. The van der Waals surface area contributed by atoms with E-state index in [1.165, 1.54) is 16.3 Å². The molecular weight excluding hydrogens is 977 g/mol. The number of carbonyl (C=O) groups is 3. The number of ether oxygens (including phenoxy) is 6. The fourth-order valence-electron chi connectivity index (χ4n) is 11.0. The van der Waals surface area contributed by atoms with Gasteiger partial charge in [0.25, 0.3) is 12.3 Å². The molecule has 1 aromatic carbocycles. The Balaban J connectivity index is 1.12. The van der Waals surface area contributed by atoms with Gasteiger partial charge in [-0.05, 0) is 76.1 Å². The molecule has 3 amide bonds. The average molecular weight is 1050 g/mol. The van der Waals surface area contributed by atoms with Gasteiger partial charge in [-0.15, -0.1) is 11.3 Å². The number of aromatic nitrogens is 3. The Morgan fingerprint density at radius 3 is 2.51 bits per heavy atom. The molecule has 21 heteroatoms. The summed E-state index contributed by atoms with van der Waals surface area (Å²) in [4.78, 5) is 59.5. The van der Waals surface area contributed by atoms with Crippen LogP contribution in [0.3, 0.4) is 0 Å². The Hall–Kier alpha value is -4.87. The van der Waals surface area contributed by atoms with Gasteiger partial charge in [0.1, 0.15) is 29.8 Å². The van der Waals surface area contributed by atoms with Gasteiger partial charge in [0.15, 0.2) is 0 Å². The summed E-state index contributed by atoms with van der Waals surface area (Å²) in [5, 5.41) is 7.14. The number of thiazole rings is 1. The number of methoxy groups -OCH3 is 1. The quantitative estimate of drug-likeness (QED) is 0.142. The molecule has 0 saturated carbocycles. The maximum absolute atomic E-state index is 14.7. The molecule has 2 N–H and O–H groups in total. The first-order valence-electron chi connectivity index (χ1n) is 26.4. The standard InChI is InChI=1S/C53H71F2N9O9S/c1-32-10-14-62(32)52(67)58-46-48(72-29-44(54)55)49-57-42(30-74-49)34-8-9-43-38(23-34)40(25-53(3,4)31-73-51(66)41-7-6-13-64(59-41)50(46)65)47(63(43)19-22-71-37-11-20-69-21-12-37)39-24-35(26-56-45(39)33(2)68-5)60-15-17-61(18-16-60)36-27-70-28-36/h8-9,23-24,26,30,32-33,36-37,41,44,46,48,59H,6-7,10-22,25,27-29,31H2,1-5H3,(H,58,67)/t32-,33+,41+,46+,48+/m1/s1. The highest BCUT2D eigenvalue weighted by Gasteiger charge is 2.43. The zero-order valence-electron chi connectivity index (χ0n) is 43.2. The van der Waals surface area contributed by atoms with Crippen LogP contribution in [-0.2, 0) is 51.0 Å². The van der Waals surface area contributed by atoms with Crippen molar-refractivity contribution in [2.24, 2.45) is 5.41 Å². The summed E-state index contributed by atoms with van der Waals surface area (Å²) in [7, 11) is 1.69. The van der Waals surface area contributed by atoms with Gasteiger partial charge in [0, 0.05) is 105 Å². The van der Waals surface area contributed by atoms with Gasteiger partial charge >= 0.3 is 12.0 Å². The Morgan fingerprint density at radius 2 is 1.81 bits per heavy atom. The van der Waals surface area contributed by atoms with Crippen molar-refractivity contribution >= 4 is 45.8 Å². The second-order valence-electron chi connectivity index (χ2n) is 21.3. The van der Waals surface area contributed by atoms with Gasteiger partial charge < -0.3 is 48.1 Å². The van der Waals surface area contributed by atoms with Crippen LogP contribution in [0.15, 0.2) is 35.8 Å². The predicted molar refractivity (Wildman–Crippen MR) is 274 cm³/mol. The van der Waals surface area contributed by atoms with Crippen molar-refractivity contribution in [1.29, 1.82) is 0 Å². The van der Waals surface area contributed by atoms with E-state index in [4.69, 9.17) is 38.4 Å². The van der Waals surface area contributed by atoms with E-state index in [0.29, 0.717) is 63.9 Å². The van der Waals surface area contributed by atoms with Crippen molar-refractivity contribution in [3.8, 4) is 22.5 Å². The number of hydrogen-bond donors (Lipinski definition) is 2. The molecule has 5 fully saturated rings. The second-order valence-corrected chi connectivity index (χ2v) is 22.2. The fraction of sp³-hybridized carbons (Fsp3) is 0.642. The maximum atomic E-state index is 14.7. The van der Waals surface area contributed by atoms with Gasteiger partial charge in [0.2, 0.25) is 0 Å². The number of urea groups is 1. The first kappa shape index (κ1) is 52.6. The van der Waals surface area contributed by atoms with Crippen molar-refractivity contribution in [2.45, 2.75) is 122 Å². The topological polar surface area (TPSA) is 174 Å². The number of halogens is 2. The Bertz CT molecular complexity index is 2630. The van der Waals surface area contributed by atoms with Crippen molar-refractivity contribution in [1.82, 2.24) is 40.1 Å². The van der Waals surface area contributed by atoms with Gasteiger partial charge in [-0.3, -0.25) is 24.5 Å². The smallest absolute Gasteiger partial charge is 0.324 e. The molecule has 9 heterocycles. The van der Waals surface area contributed by atoms with Crippen LogP contribution in [0, 0.1) is 5.41 Å². The summed E-state index contributed by atoms with van der Waals surface area (Å²) in [6.07, 6.45) is 1.12. The van der Waals surface area contributed by atoms with Crippen LogP contribution in [0.1, 0.15) is 88.3 Å². The van der Waals surface area contributed by atoms with Crippen molar-refractivity contribution < 1.29 is 51.6 Å². The number of amides is 3. The third-order valence-corrected chi connectivity index (χ3v) is 16.5. The number of carbonyl (C=O) groups excluding carboxylic acids is 3. The molecule has 4 aromatic rings. The Morgan fingerprint density at radius 1 is 1.01 bits per heavy atom. The lowest BCUT2D eigenvalue weighted by Crippen LogP contribution is -2.63. The van der Waals surface area contributed by atoms with E-state index in [0.717, 1.165) is 103 Å². The van der Waals surface area contributed by atoms with Crippen molar-refractivity contribution in [2.75, 3.05) is 97.5 Å². The van der Waals surface area contributed by atoms with Crippen molar-refractivity contribution in [3.05, 3.63) is 52.1 Å². The van der Waals surface area contributed by atoms with Crippen LogP contribution >= 0.6 is 11.3 Å². The summed E-state index contributed by atoms with van der Waals surface area (Å²) < 4.78 is 66.6. The number of rotatable bonds is 13. The molecule has 3 aromatic heterocycles. The third kappa shape index (κ3) is 11.3. The minimum absolute atomic E-state index is 0.0538.